The Bertz CT molecular complexity index is 1680. The summed E-state index contributed by atoms with van der Waals surface area (Å²) in [7, 11) is 1.69. The Morgan fingerprint density at radius 3 is 2.53 bits per heavy atom. The molecule has 10 heteroatoms. The fourth-order valence-corrected chi connectivity index (χ4v) is 6.25. The van der Waals surface area contributed by atoms with Crippen LogP contribution in [0.4, 0.5) is 5.69 Å². The second kappa shape index (κ2) is 9.99. The first-order valence-electron chi connectivity index (χ1n) is 12.2. The van der Waals surface area contributed by atoms with Gasteiger partial charge in [-0.2, -0.15) is 0 Å². The highest BCUT2D eigenvalue weighted by atomic mass is 79.9. The van der Waals surface area contributed by atoms with Crippen molar-refractivity contribution in [3.05, 3.63) is 89.0 Å². The van der Waals surface area contributed by atoms with Crippen LogP contribution >= 0.6 is 27.3 Å². The molecule has 1 atom stereocenters. The van der Waals surface area contributed by atoms with Gasteiger partial charge in [0.2, 0.25) is 0 Å². The maximum absolute atomic E-state index is 14.1. The molecule has 2 aliphatic heterocycles. The number of hydrogen-bond acceptors (Lipinski definition) is 7. The zero-order valence-corrected chi connectivity index (χ0v) is 24.0. The minimum absolute atomic E-state index is 0.267. The minimum atomic E-state index is -0.779. The maximum atomic E-state index is 14.1. The average Bonchev–Trinajstić information content (AvgIpc) is 3.30. The Balaban J connectivity index is 1.79. The number of esters is 1. The molecule has 0 aliphatic carbocycles. The lowest BCUT2D eigenvalue weighted by molar-refractivity contribution is -0.143. The van der Waals surface area contributed by atoms with Gasteiger partial charge in [-0.25, -0.2) is 9.79 Å². The summed E-state index contributed by atoms with van der Waals surface area (Å²) in [6.45, 7) is 7.70. The monoisotopic (exact) mass is 595 g/mol. The number of rotatable bonds is 5. The number of thiazole rings is 1. The summed E-state index contributed by atoms with van der Waals surface area (Å²) in [6, 6.07) is 12.0. The molecule has 1 amide bonds. The summed E-state index contributed by atoms with van der Waals surface area (Å²) >= 11 is 4.63. The number of aromatic nitrogens is 1. The Morgan fingerprint density at radius 1 is 1.16 bits per heavy atom. The third-order valence-electron chi connectivity index (χ3n) is 6.40. The number of anilines is 1. The lowest BCUT2D eigenvalue weighted by atomic mass is 9.95. The summed E-state index contributed by atoms with van der Waals surface area (Å²) in [6.07, 6.45) is -0.350. The van der Waals surface area contributed by atoms with Gasteiger partial charge >= 0.3 is 5.97 Å². The van der Waals surface area contributed by atoms with Crippen molar-refractivity contribution in [1.82, 2.24) is 4.57 Å². The van der Waals surface area contributed by atoms with E-state index in [2.05, 4.69) is 20.9 Å². The SMILES string of the molecule is CCOc1ccc([C@@H]2C(C(=O)OC(C)C)=C(C)N=c3s/c(=C4/C(=O)N(C)c5ccc(Br)cc54)c(=O)n32)cc1. The van der Waals surface area contributed by atoms with Crippen LogP contribution in [-0.4, -0.2) is 36.2 Å². The van der Waals surface area contributed by atoms with Gasteiger partial charge in [0.15, 0.2) is 4.80 Å². The smallest absolute Gasteiger partial charge is 0.338 e. The average molecular weight is 597 g/mol. The fraction of sp³-hybridized carbons (Fsp3) is 0.286. The van der Waals surface area contributed by atoms with Crippen molar-refractivity contribution in [1.29, 1.82) is 0 Å². The van der Waals surface area contributed by atoms with Crippen molar-refractivity contribution in [2.24, 2.45) is 4.99 Å². The van der Waals surface area contributed by atoms with Crippen LogP contribution in [0, 0.1) is 0 Å². The molecule has 38 heavy (non-hydrogen) atoms. The lowest BCUT2D eigenvalue weighted by Gasteiger charge is -2.25. The number of fused-ring (bicyclic) bond motifs is 2. The molecule has 0 fully saturated rings. The van der Waals surface area contributed by atoms with Gasteiger partial charge in [-0.1, -0.05) is 39.4 Å². The topological polar surface area (TPSA) is 90.2 Å². The van der Waals surface area contributed by atoms with Crippen molar-refractivity contribution in [2.45, 2.75) is 39.8 Å². The number of nitrogens with zero attached hydrogens (tertiary/aromatic N) is 3. The summed E-state index contributed by atoms with van der Waals surface area (Å²) < 4.78 is 13.7. The van der Waals surface area contributed by atoms with Crippen LogP contribution in [0.2, 0.25) is 0 Å². The number of allylic oxidation sites excluding steroid dienone is 1. The van der Waals surface area contributed by atoms with Gasteiger partial charge in [-0.3, -0.25) is 14.2 Å². The molecule has 5 rings (SSSR count). The van der Waals surface area contributed by atoms with Crippen molar-refractivity contribution >= 4 is 50.4 Å². The molecular weight excluding hydrogens is 570 g/mol. The van der Waals surface area contributed by atoms with E-state index in [-0.39, 0.29) is 27.7 Å². The Hall–Kier alpha value is -3.50. The maximum Gasteiger partial charge on any atom is 0.338 e. The number of carbonyl (C=O) groups is 2. The molecule has 0 saturated heterocycles. The van der Waals surface area contributed by atoms with E-state index < -0.39 is 12.0 Å². The molecule has 0 unspecified atom stereocenters. The third kappa shape index (κ3) is 4.31. The van der Waals surface area contributed by atoms with Gasteiger partial charge < -0.3 is 14.4 Å². The number of ether oxygens (including phenoxy) is 2. The summed E-state index contributed by atoms with van der Waals surface area (Å²) in [4.78, 5) is 47.3. The molecule has 2 aliphatic rings. The fourth-order valence-electron chi connectivity index (χ4n) is 4.75. The van der Waals surface area contributed by atoms with Crippen LogP contribution in [0.3, 0.4) is 0 Å². The quantitative estimate of drug-likeness (QED) is 0.420. The molecule has 0 spiro atoms. The standard InChI is InChI=1S/C28H26BrN3O5S/c1-6-36-18-10-7-16(8-11-18)23-21(27(35)37-14(2)3)15(4)30-28-32(23)26(34)24(38-28)22-19-13-17(29)9-12-20(19)31(5)25(22)33/h7-14,23H,6H2,1-5H3/b24-22+/t23-/m1/s1. The predicted molar refractivity (Wildman–Crippen MR) is 149 cm³/mol. The molecule has 0 bridgehead atoms. The van der Waals surface area contributed by atoms with E-state index in [0.29, 0.717) is 39.6 Å². The third-order valence-corrected chi connectivity index (χ3v) is 7.95. The molecule has 0 N–H and O–H groups in total. The van der Waals surface area contributed by atoms with Crippen LogP contribution < -0.4 is 24.5 Å². The number of likely N-dealkylation sites (N-methyl/N-ethyl adjacent to an activating group) is 1. The number of carbonyl (C=O) groups excluding carboxylic acids is 2. The number of benzene rings is 2. The van der Waals surface area contributed by atoms with E-state index in [0.717, 1.165) is 21.5 Å². The Kier molecular flexibility index (Phi) is 6.87. The summed E-state index contributed by atoms with van der Waals surface area (Å²) in [5.74, 6) is -0.125. The first-order valence-corrected chi connectivity index (χ1v) is 13.8. The Morgan fingerprint density at radius 2 is 1.87 bits per heavy atom. The number of hydrogen-bond donors (Lipinski definition) is 0. The van der Waals surface area contributed by atoms with E-state index in [1.807, 2.05) is 37.3 Å². The van der Waals surface area contributed by atoms with Crippen molar-refractivity contribution in [2.75, 3.05) is 18.6 Å². The van der Waals surface area contributed by atoms with Crippen molar-refractivity contribution in [3.63, 3.8) is 0 Å². The van der Waals surface area contributed by atoms with E-state index in [1.54, 1.807) is 40.0 Å². The second-order valence-corrected chi connectivity index (χ2v) is 11.2. The van der Waals surface area contributed by atoms with Crippen molar-refractivity contribution in [3.8, 4) is 5.75 Å². The van der Waals surface area contributed by atoms with Gasteiger partial charge in [0.05, 0.1) is 41.3 Å². The highest BCUT2D eigenvalue weighted by Gasteiger charge is 2.36. The van der Waals surface area contributed by atoms with Gasteiger partial charge in [-0.05, 0) is 63.6 Å². The Labute approximate surface area is 231 Å². The van der Waals surface area contributed by atoms with E-state index in [9.17, 15) is 14.4 Å². The van der Waals surface area contributed by atoms with Gasteiger partial charge in [0, 0.05) is 17.1 Å². The van der Waals surface area contributed by atoms with Crippen LogP contribution in [0.1, 0.15) is 44.9 Å². The van der Waals surface area contributed by atoms with Gasteiger partial charge in [0.1, 0.15) is 10.3 Å². The van der Waals surface area contributed by atoms with Crippen LogP contribution in [0.5, 0.6) is 5.75 Å². The highest BCUT2D eigenvalue weighted by molar-refractivity contribution is 9.10. The predicted octanol–water partition coefficient (Wildman–Crippen LogP) is 3.69. The normalized spacial score (nSPS) is 17.9. The summed E-state index contributed by atoms with van der Waals surface area (Å²) in [5.41, 5.74) is 2.78. The first-order chi connectivity index (χ1) is 18.1. The molecule has 2 aromatic carbocycles. The van der Waals surface area contributed by atoms with E-state index >= 15 is 0 Å². The first kappa shape index (κ1) is 26.1. The van der Waals surface area contributed by atoms with E-state index in [4.69, 9.17) is 9.47 Å². The second-order valence-electron chi connectivity index (χ2n) is 9.26. The molecule has 196 valence electrons. The largest absolute Gasteiger partial charge is 0.494 e. The summed E-state index contributed by atoms with van der Waals surface area (Å²) in [5, 5.41) is 0. The molecule has 8 nitrogen and oxygen atoms in total. The molecule has 0 radical (unpaired) electrons. The molecule has 3 aromatic rings. The molecule has 3 heterocycles. The number of halogens is 1. The van der Waals surface area contributed by atoms with E-state index in [1.165, 1.54) is 9.47 Å². The molecule has 0 saturated carbocycles. The number of amides is 1. The minimum Gasteiger partial charge on any atom is -0.494 e. The van der Waals surface area contributed by atoms with Crippen LogP contribution in [0.15, 0.2) is 68.0 Å². The zero-order chi connectivity index (χ0) is 27.3. The van der Waals surface area contributed by atoms with Gasteiger partial charge in [0.25, 0.3) is 11.5 Å². The van der Waals surface area contributed by atoms with Gasteiger partial charge in [-0.15, -0.1) is 0 Å². The molecular formula is C28H26BrN3O5S. The zero-order valence-electron chi connectivity index (χ0n) is 21.6. The van der Waals surface area contributed by atoms with Crippen LogP contribution in [-0.2, 0) is 14.3 Å². The highest BCUT2D eigenvalue weighted by Crippen LogP contribution is 2.36. The van der Waals surface area contributed by atoms with Crippen molar-refractivity contribution < 1.29 is 19.1 Å². The lowest BCUT2D eigenvalue weighted by Crippen LogP contribution is -2.41. The molecule has 1 aromatic heterocycles. The van der Waals surface area contributed by atoms with Crippen LogP contribution in [0.25, 0.3) is 5.57 Å².